The third-order valence-corrected chi connectivity index (χ3v) is 4.65. The van der Waals surface area contributed by atoms with E-state index in [-0.39, 0.29) is 23.3 Å². The van der Waals surface area contributed by atoms with Crippen LogP contribution in [0.5, 0.6) is 0 Å². The van der Waals surface area contributed by atoms with Gasteiger partial charge in [-0.15, -0.1) is 0 Å². The summed E-state index contributed by atoms with van der Waals surface area (Å²) in [5.41, 5.74) is 8.23. The van der Waals surface area contributed by atoms with E-state index < -0.39 is 4.92 Å². The van der Waals surface area contributed by atoms with Crippen molar-refractivity contribution in [3.8, 4) is 0 Å². The number of hydrazine groups is 1. The summed E-state index contributed by atoms with van der Waals surface area (Å²) in [6.07, 6.45) is 3.37. The molecule has 4 rings (SSSR count). The van der Waals surface area contributed by atoms with Crippen LogP contribution in [-0.4, -0.2) is 25.8 Å². The molecule has 5 N–H and O–H groups in total. The summed E-state index contributed by atoms with van der Waals surface area (Å²) in [6, 6.07) is 13.7. The van der Waals surface area contributed by atoms with Gasteiger partial charge in [0.25, 0.3) is 11.6 Å². The average molecular weight is 405 g/mol. The van der Waals surface area contributed by atoms with Gasteiger partial charge in [0.1, 0.15) is 11.2 Å². The van der Waals surface area contributed by atoms with Gasteiger partial charge in [-0.05, 0) is 30.7 Å². The van der Waals surface area contributed by atoms with Crippen LogP contribution in [-0.2, 0) is 0 Å². The summed E-state index contributed by atoms with van der Waals surface area (Å²) in [4.78, 5) is 33.1. The fourth-order valence-corrected chi connectivity index (χ4v) is 3.06. The molecule has 2 aromatic carbocycles. The first-order valence-corrected chi connectivity index (χ1v) is 9.19. The lowest BCUT2D eigenvalue weighted by Gasteiger charge is -2.15. The van der Waals surface area contributed by atoms with E-state index in [9.17, 15) is 14.9 Å². The van der Waals surface area contributed by atoms with Crippen LogP contribution in [0.25, 0.3) is 10.9 Å². The Kier molecular flexibility index (Phi) is 5.14. The van der Waals surface area contributed by atoms with Crippen molar-refractivity contribution >= 4 is 34.1 Å². The lowest BCUT2D eigenvalue weighted by Crippen LogP contribution is -2.25. The van der Waals surface area contributed by atoms with Gasteiger partial charge in [0, 0.05) is 35.6 Å². The molecule has 0 aliphatic carbocycles. The van der Waals surface area contributed by atoms with E-state index in [2.05, 4.69) is 31.1 Å². The molecule has 0 spiro atoms. The second kappa shape index (κ2) is 8.05. The Balaban J connectivity index is 1.43. The van der Waals surface area contributed by atoms with Crippen LogP contribution in [0.4, 0.5) is 17.3 Å². The molecular weight excluding hydrogens is 386 g/mol. The highest BCUT2D eigenvalue weighted by Gasteiger charge is 2.17. The number of aromatic nitrogens is 3. The van der Waals surface area contributed by atoms with Gasteiger partial charge >= 0.3 is 0 Å². The first-order chi connectivity index (χ1) is 14.5. The van der Waals surface area contributed by atoms with Crippen molar-refractivity contribution in [2.24, 2.45) is 0 Å². The highest BCUT2D eigenvalue weighted by Crippen LogP contribution is 2.26. The monoisotopic (exact) mass is 405 g/mol. The van der Waals surface area contributed by atoms with Gasteiger partial charge in [0.15, 0.2) is 0 Å². The number of nitrogens with zero attached hydrogens (tertiary/aromatic N) is 2. The molecule has 0 saturated heterocycles. The summed E-state index contributed by atoms with van der Waals surface area (Å²) < 4.78 is 0. The number of aromatic amines is 2. The van der Waals surface area contributed by atoms with E-state index in [0.29, 0.717) is 22.5 Å². The lowest BCUT2D eigenvalue weighted by atomic mass is 10.1. The number of carbonyl (C=O) groups excluding carboxylic acids is 1. The lowest BCUT2D eigenvalue weighted by molar-refractivity contribution is -0.383. The number of amides is 1. The number of imidazole rings is 1. The van der Waals surface area contributed by atoms with Crippen LogP contribution in [0.3, 0.4) is 0 Å². The van der Waals surface area contributed by atoms with Crippen LogP contribution in [0.15, 0.2) is 60.9 Å². The van der Waals surface area contributed by atoms with Crippen molar-refractivity contribution in [1.29, 1.82) is 0 Å². The number of nitro groups is 1. The molecule has 1 atom stereocenters. The molecule has 2 heterocycles. The van der Waals surface area contributed by atoms with Crippen molar-refractivity contribution in [1.82, 2.24) is 20.4 Å². The molecule has 2 aromatic heterocycles. The Bertz CT molecular complexity index is 1180. The van der Waals surface area contributed by atoms with Crippen LogP contribution in [0.2, 0.25) is 0 Å². The quantitative estimate of drug-likeness (QED) is 0.234. The number of para-hydroxylation sites is 1. The first-order valence-electron chi connectivity index (χ1n) is 9.19. The van der Waals surface area contributed by atoms with Crippen molar-refractivity contribution in [2.45, 2.75) is 13.0 Å². The Morgan fingerprint density at radius 1 is 1.20 bits per heavy atom. The maximum Gasteiger partial charge on any atom is 0.293 e. The number of hydrogen-bond acceptors (Lipinski definition) is 6. The van der Waals surface area contributed by atoms with Gasteiger partial charge in [0.2, 0.25) is 5.95 Å². The van der Waals surface area contributed by atoms with Crippen molar-refractivity contribution in [3.63, 3.8) is 0 Å². The number of nitrogens with one attached hydrogen (secondary N) is 5. The Labute approximate surface area is 170 Å². The minimum atomic E-state index is -0.477. The standard InChI is InChI=1S/C20H19N7O3/c1-12(25-26-20-21-9-10-22-20)13-5-7-15(8-6-13)23-19(28)16-11-14-3-2-4-17(27(29)30)18(14)24-16/h2-12,24-25H,1H3,(H,23,28)(H2,21,22,26). The summed E-state index contributed by atoms with van der Waals surface area (Å²) in [5.74, 6) is 0.239. The third kappa shape index (κ3) is 3.98. The smallest absolute Gasteiger partial charge is 0.293 e. The zero-order valence-corrected chi connectivity index (χ0v) is 16.0. The zero-order chi connectivity index (χ0) is 21.1. The molecule has 10 nitrogen and oxygen atoms in total. The molecule has 0 fully saturated rings. The predicted molar refractivity (Wildman–Crippen MR) is 113 cm³/mol. The third-order valence-electron chi connectivity index (χ3n) is 4.65. The van der Waals surface area contributed by atoms with E-state index in [1.165, 1.54) is 6.07 Å². The molecule has 0 aliphatic rings. The van der Waals surface area contributed by atoms with Gasteiger partial charge < -0.3 is 15.3 Å². The molecule has 0 radical (unpaired) electrons. The first kappa shape index (κ1) is 19.2. The van der Waals surface area contributed by atoms with Crippen molar-refractivity contribution in [2.75, 3.05) is 10.7 Å². The number of non-ortho nitro benzene ring substituents is 1. The van der Waals surface area contributed by atoms with Crippen LogP contribution in [0.1, 0.15) is 29.0 Å². The minimum absolute atomic E-state index is 0.00546. The molecule has 30 heavy (non-hydrogen) atoms. The number of hydrogen-bond donors (Lipinski definition) is 5. The van der Waals surface area contributed by atoms with Crippen LogP contribution in [0, 0.1) is 10.1 Å². The molecule has 0 saturated carbocycles. The number of benzene rings is 2. The Morgan fingerprint density at radius 3 is 2.70 bits per heavy atom. The van der Waals surface area contributed by atoms with E-state index in [4.69, 9.17) is 0 Å². The summed E-state index contributed by atoms with van der Waals surface area (Å²) in [5, 5.41) is 14.6. The second-order valence-corrected chi connectivity index (χ2v) is 6.69. The fraction of sp³-hybridized carbons (Fsp3) is 0.100. The van der Waals surface area contributed by atoms with Crippen molar-refractivity contribution in [3.05, 3.63) is 82.3 Å². The summed E-state index contributed by atoms with van der Waals surface area (Å²) in [7, 11) is 0. The molecular formula is C20H19N7O3. The van der Waals surface area contributed by atoms with E-state index in [1.807, 2.05) is 19.1 Å². The van der Waals surface area contributed by atoms with E-state index in [1.54, 1.807) is 42.7 Å². The number of fused-ring (bicyclic) bond motifs is 1. The van der Waals surface area contributed by atoms with Crippen LogP contribution >= 0.6 is 0 Å². The second-order valence-electron chi connectivity index (χ2n) is 6.69. The molecule has 0 aliphatic heterocycles. The van der Waals surface area contributed by atoms with E-state index in [0.717, 1.165) is 5.56 Å². The normalized spacial score (nSPS) is 11.9. The molecule has 1 amide bonds. The number of rotatable bonds is 7. The summed E-state index contributed by atoms with van der Waals surface area (Å²) in [6.45, 7) is 1.99. The van der Waals surface area contributed by atoms with Gasteiger partial charge in [0.05, 0.1) is 4.92 Å². The molecule has 0 bridgehead atoms. The van der Waals surface area contributed by atoms with Gasteiger partial charge in [-0.25, -0.2) is 10.4 Å². The number of anilines is 2. The molecule has 152 valence electrons. The number of carbonyl (C=O) groups is 1. The fourth-order valence-electron chi connectivity index (χ4n) is 3.06. The largest absolute Gasteiger partial charge is 0.345 e. The van der Waals surface area contributed by atoms with Crippen LogP contribution < -0.4 is 16.2 Å². The highest BCUT2D eigenvalue weighted by atomic mass is 16.6. The number of nitro benzene ring substituents is 1. The zero-order valence-electron chi connectivity index (χ0n) is 16.0. The SMILES string of the molecule is CC(NNc1ncc[nH]1)c1ccc(NC(=O)c2cc3cccc([N+](=O)[O-])c3[nH]2)cc1. The predicted octanol–water partition coefficient (Wildman–Crippen LogP) is 3.73. The van der Waals surface area contributed by atoms with Gasteiger partial charge in [-0.2, -0.15) is 0 Å². The Morgan fingerprint density at radius 2 is 2.00 bits per heavy atom. The maximum atomic E-state index is 12.6. The molecule has 10 heteroatoms. The molecule has 4 aromatic rings. The van der Waals surface area contributed by atoms with Gasteiger partial charge in [-0.3, -0.25) is 20.3 Å². The van der Waals surface area contributed by atoms with E-state index >= 15 is 0 Å². The van der Waals surface area contributed by atoms with Crippen molar-refractivity contribution < 1.29 is 9.72 Å². The molecule has 1 unspecified atom stereocenters. The Hall–Kier alpha value is -4.18. The average Bonchev–Trinajstić information content (AvgIpc) is 3.41. The number of H-pyrrole nitrogens is 2. The van der Waals surface area contributed by atoms with Gasteiger partial charge in [-0.1, -0.05) is 24.3 Å². The minimum Gasteiger partial charge on any atom is -0.345 e. The highest BCUT2D eigenvalue weighted by molar-refractivity contribution is 6.06. The maximum absolute atomic E-state index is 12.6. The topological polar surface area (TPSA) is 141 Å². The summed E-state index contributed by atoms with van der Waals surface area (Å²) >= 11 is 0.